The van der Waals surface area contributed by atoms with Crippen LogP contribution in [-0.4, -0.2) is 31.0 Å². The summed E-state index contributed by atoms with van der Waals surface area (Å²) in [7, 11) is -4.21. The van der Waals surface area contributed by atoms with Crippen LogP contribution in [0.4, 0.5) is 0 Å². The summed E-state index contributed by atoms with van der Waals surface area (Å²) in [6, 6.07) is 13.2. The third kappa shape index (κ3) is 5.51. The molecule has 134 valence electrons. The van der Waals surface area contributed by atoms with Gasteiger partial charge < -0.3 is 5.32 Å². The van der Waals surface area contributed by atoms with Gasteiger partial charge >= 0.3 is 0 Å². The number of sulfone groups is 1. The van der Waals surface area contributed by atoms with Gasteiger partial charge in [0, 0.05) is 34.6 Å². The number of rotatable bonds is 6. The van der Waals surface area contributed by atoms with Gasteiger partial charge in [0.25, 0.3) is 5.91 Å². The molecular weight excluding hydrogens is 358 g/mol. The van der Waals surface area contributed by atoms with E-state index in [2.05, 4.69) is 5.32 Å². The van der Waals surface area contributed by atoms with Gasteiger partial charge in [0.05, 0.1) is 10.9 Å². The number of nitrogens with one attached hydrogen (secondary N) is 1. The van der Waals surface area contributed by atoms with Crippen molar-refractivity contribution in [2.45, 2.75) is 23.6 Å². The molecule has 7 heteroatoms. The second-order valence-corrected chi connectivity index (χ2v) is 9.41. The molecule has 2 aromatic carbocycles. The summed E-state index contributed by atoms with van der Waals surface area (Å²) < 4.78 is 34.3. The Hall–Kier alpha value is -1.99. The molecule has 0 saturated carbocycles. The van der Waals surface area contributed by atoms with Crippen molar-refractivity contribution in [1.29, 1.82) is 0 Å². The lowest BCUT2D eigenvalue weighted by molar-refractivity contribution is 0.0939. The maximum Gasteiger partial charge on any atom is 0.251 e. The molecule has 2 aromatic rings. The van der Waals surface area contributed by atoms with Crippen molar-refractivity contribution >= 4 is 26.5 Å². The summed E-state index contributed by atoms with van der Waals surface area (Å²) in [4.78, 5) is 12.7. The zero-order valence-electron chi connectivity index (χ0n) is 14.4. The van der Waals surface area contributed by atoms with Crippen molar-refractivity contribution in [2.24, 2.45) is 0 Å². The van der Waals surface area contributed by atoms with Crippen LogP contribution in [0.15, 0.2) is 53.4 Å². The van der Waals surface area contributed by atoms with Gasteiger partial charge in [-0.2, -0.15) is 0 Å². The molecular formula is C18H21NO4S2. The third-order valence-electron chi connectivity index (χ3n) is 3.71. The molecule has 25 heavy (non-hydrogen) atoms. The Kier molecular flexibility index (Phi) is 6.13. The molecule has 0 aliphatic heterocycles. The van der Waals surface area contributed by atoms with E-state index in [1.165, 1.54) is 12.1 Å². The Morgan fingerprint density at radius 1 is 1.16 bits per heavy atom. The lowest BCUT2D eigenvalue weighted by Gasteiger charge is -2.15. The van der Waals surface area contributed by atoms with Crippen LogP contribution >= 0.6 is 0 Å². The maximum atomic E-state index is 12.4. The van der Waals surface area contributed by atoms with E-state index in [0.717, 1.165) is 17.4 Å². The predicted octanol–water partition coefficient (Wildman–Crippen LogP) is 2.46. The van der Waals surface area contributed by atoms with Crippen LogP contribution in [-0.2, 0) is 26.4 Å². The fraction of sp³-hybridized carbons (Fsp3) is 0.278. The molecule has 0 heterocycles. The first kappa shape index (κ1) is 19.3. The van der Waals surface area contributed by atoms with E-state index >= 15 is 0 Å². The minimum Gasteiger partial charge on any atom is -0.346 e. The Morgan fingerprint density at radius 2 is 1.80 bits per heavy atom. The van der Waals surface area contributed by atoms with Crippen LogP contribution in [0.25, 0.3) is 0 Å². The molecule has 0 aromatic heterocycles. The van der Waals surface area contributed by atoms with E-state index in [0.29, 0.717) is 11.3 Å². The fourth-order valence-electron chi connectivity index (χ4n) is 2.40. The van der Waals surface area contributed by atoms with Crippen molar-refractivity contribution in [3.05, 3.63) is 65.2 Å². The predicted molar refractivity (Wildman–Crippen MR) is 99.6 cm³/mol. The Labute approximate surface area is 150 Å². The summed E-state index contributed by atoms with van der Waals surface area (Å²) in [5.41, 5.74) is 2.16. The Bertz CT molecular complexity index is 890. The number of carbonyl (C=O) groups excluding carboxylic acids is 1. The Morgan fingerprint density at radius 3 is 2.36 bits per heavy atom. The lowest BCUT2D eigenvalue weighted by Crippen LogP contribution is -2.26. The normalized spacial score (nSPS) is 13.9. The second-order valence-electron chi connectivity index (χ2n) is 5.95. The van der Waals surface area contributed by atoms with Crippen LogP contribution in [0.5, 0.6) is 0 Å². The van der Waals surface area contributed by atoms with Crippen molar-refractivity contribution in [3.8, 4) is 0 Å². The van der Waals surface area contributed by atoms with Crippen LogP contribution in [0, 0.1) is 0 Å². The topological polar surface area (TPSA) is 80.3 Å². The molecule has 2 rings (SSSR count). The van der Waals surface area contributed by atoms with Crippen LogP contribution in [0.1, 0.15) is 34.5 Å². The summed E-state index contributed by atoms with van der Waals surface area (Å²) in [5, 5.41) is 2.89. The van der Waals surface area contributed by atoms with E-state index in [1.54, 1.807) is 36.6 Å². The number of hydrogen-bond acceptors (Lipinski definition) is 4. The molecule has 0 radical (unpaired) electrons. The summed E-state index contributed by atoms with van der Waals surface area (Å²) in [5.74, 6) is 0.173. The molecule has 0 aliphatic rings. The number of benzene rings is 2. The summed E-state index contributed by atoms with van der Waals surface area (Å²) in [6.45, 7) is 1.83. The number of amides is 1. The molecule has 0 spiro atoms. The molecule has 0 fully saturated rings. The molecule has 2 unspecified atom stereocenters. The van der Waals surface area contributed by atoms with Crippen LogP contribution in [0.2, 0.25) is 0 Å². The average Bonchev–Trinajstić information content (AvgIpc) is 2.53. The lowest BCUT2D eigenvalue weighted by atomic mass is 10.1. The SMILES string of the molecule is CC(NC(=O)c1cccc(CS(C)=O)c1)c1ccc(S(C)(=O)=O)cc1. The van der Waals surface area contributed by atoms with E-state index in [4.69, 9.17) is 0 Å². The maximum absolute atomic E-state index is 12.4. The van der Waals surface area contributed by atoms with Gasteiger partial charge in [-0.05, 0) is 42.3 Å². The van der Waals surface area contributed by atoms with Crippen LogP contribution in [0.3, 0.4) is 0 Å². The van der Waals surface area contributed by atoms with Crippen molar-refractivity contribution in [3.63, 3.8) is 0 Å². The molecule has 0 saturated heterocycles. The van der Waals surface area contributed by atoms with Crippen molar-refractivity contribution < 1.29 is 17.4 Å². The number of carbonyl (C=O) groups is 1. The van der Waals surface area contributed by atoms with Gasteiger partial charge in [0.15, 0.2) is 9.84 Å². The zero-order chi connectivity index (χ0) is 18.6. The standard InChI is InChI=1S/C18H21NO4S2/c1-13(15-7-9-17(10-8-15)25(3,22)23)19-18(20)16-6-4-5-14(11-16)12-24(2)21/h4-11,13H,12H2,1-3H3,(H,19,20). The van der Waals surface area contributed by atoms with Gasteiger partial charge in [0.1, 0.15) is 0 Å². The van der Waals surface area contributed by atoms with Gasteiger partial charge in [-0.25, -0.2) is 8.42 Å². The van der Waals surface area contributed by atoms with E-state index in [-0.39, 0.29) is 16.8 Å². The Balaban J connectivity index is 2.11. The number of hydrogen-bond donors (Lipinski definition) is 1. The van der Waals surface area contributed by atoms with E-state index < -0.39 is 20.6 Å². The average molecular weight is 380 g/mol. The molecule has 1 amide bonds. The third-order valence-corrected chi connectivity index (χ3v) is 5.58. The van der Waals surface area contributed by atoms with Gasteiger partial charge in [-0.1, -0.05) is 24.3 Å². The minimum absolute atomic E-state index is 0.233. The van der Waals surface area contributed by atoms with E-state index in [9.17, 15) is 17.4 Å². The quantitative estimate of drug-likeness (QED) is 0.836. The summed E-state index contributed by atoms with van der Waals surface area (Å²) >= 11 is 0. The smallest absolute Gasteiger partial charge is 0.251 e. The first-order valence-corrected chi connectivity index (χ1v) is 11.3. The molecule has 5 nitrogen and oxygen atoms in total. The highest BCUT2D eigenvalue weighted by Gasteiger charge is 2.13. The highest BCUT2D eigenvalue weighted by atomic mass is 32.2. The van der Waals surface area contributed by atoms with Crippen molar-refractivity contribution in [1.82, 2.24) is 5.32 Å². The molecule has 0 bridgehead atoms. The largest absolute Gasteiger partial charge is 0.346 e. The molecule has 1 N–H and O–H groups in total. The van der Waals surface area contributed by atoms with Gasteiger partial charge in [-0.15, -0.1) is 0 Å². The zero-order valence-corrected chi connectivity index (χ0v) is 16.0. The van der Waals surface area contributed by atoms with Crippen molar-refractivity contribution in [2.75, 3.05) is 12.5 Å². The monoisotopic (exact) mass is 379 g/mol. The summed E-state index contributed by atoms with van der Waals surface area (Å²) in [6.07, 6.45) is 2.78. The molecule has 2 atom stereocenters. The highest BCUT2D eigenvalue weighted by Crippen LogP contribution is 2.17. The minimum atomic E-state index is -3.24. The highest BCUT2D eigenvalue weighted by molar-refractivity contribution is 7.90. The van der Waals surface area contributed by atoms with Gasteiger partial charge in [0.2, 0.25) is 0 Å². The first-order valence-electron chi connectivity index (χ1n) is 7.66. The first-order chi connectivity index (χ1) is 11.7. The second kappa shape index (κ2) is 7.93. The fourth-order valence-corrected chi connectivity index (χ4v) is 3.68. The van der Waals surface area contributed by atoms with Gasteiger partial charge in [-0.3, -0.25) is 9.00 Å². The van der Waals surface area contributed by atoms with Crippen LogP contribution < -0.4 is 5.32 Å². The van der Waals surface area contributed by atoms with E-state index in [1.807, 2.05) is 13.0 Å². The molecule has 0 aliphatic carbocycles.